The van der Waals surface area contributed by atoms with Crippen LogP contribution in [0.5, 0.6) is 5.75 Å². The van der Waals surface area contributed by atoms with Crippen LogP contribution < -0.4 is 10.5 Å². The fourth-order valence-electron chi connectivity index (χ4n) is 3.07. The van der Waals surface area contributed by atoms with E-state index in [2.05, 4.69) is 29.2 Å². The number of benzene rings is 1. The molecule has 3 nitrogen and oxygen atoms in total. The van der Waals surface area contributed by atoms with E-state index in [1.807, 2.05) is 6.92 Å². The van der Waals surface area contributed by atoms with Crippen LogP contribution in [-0.4, -0.2) is 30.6 Å². The molecule has 0 amide bonds. The largest absolute Gasteiger partial charge is 0.489 e. The van der Waals surface area contributed by atoms with Gasteiger partial charge in [-0.1, -0.05) is 12.1 Å². The third-order valence-electron chi connectivity index (χ3n) is 4.29. The van der Waals surface area contributed by atoms with Crippen LogP contribution in [-0.2, 0) is 0 Å². The number of hydrogen-bond donors (Lipinski definition) is 1. The number of ether oxygens (including phenoxy) is 1. The minimum Gasteiger partial charge on any atom is -0.489 e. The number of rotatable bonds is 3. The molecule has 3 heteroatoms. The van der Waals surface area contributed by atoms with Gasteiger partial charge in [0.2, 0.25) is 0 Å². The molecule has 3 heterocycles. The first-order chi connectivity index (χ1) is 8.72. The number of hydrogen-bond acceptors (Lipinski definition) is 3. The zero-order valence-electron chi connectivity index (χ0n) is 11.0. The van der Waals surface area contributed by atoms with Gasteiger partial charge in [-0.15, -0.1) is 0 Å². The minimum atomic E-state index is 0.0934. The highest BCUT2D eigenvalue weighted by Crippen LogP contribution is 2.30. The molecule has 18 heavy (non-hydrogen) atoms. The Hall–Kier alpha value is -1.06. The van der Waals surface area contributed by atoms with Gasteiger partial charge in [0.1, 0.15) is 11.9 Å². The van der Waals surface area contributed by atoms with Crippen molar-refractivity contribution in [1.82, 2.24) is 4.90 Å². The van der Waals surface area contributed by atoms with Crippen LogP contribution in [0.2, 0.25) is 0 Å². The van der Waals surface area contributed by atoms with Crippen molar-refractivity contribution in [3.63, 3.8) is 0 Å². The summed E-state index contributed by atoms with van der Waals surface area (Å²) in [6, 6.07) is 8.34. The molecule has 2 N–H and O–H groups in total. The van der Waals surface area contributed by atoms with E-state index < -0.39 is 0 Å². The summed E-state index contributed by atoms with van der Waals surface area (Å²) in [4.78, 5) is 2.51. The minimum absolute atomic E-state index is 0.0934. The number of nitrogens with two attached hydrogens (primary N) is 1. The lowest BCUT2D eigenvalue weighted by Gasteiger charge is -2.44. The summed E-state index contributed by atoms with van der Waals surface area (Å²) >= 11 is 0. The summed E-state index contributed by atoms with van der Waals surface area (Å²) in [5.74, 6) is 1.74. The van der Waals surface area contributed by atoms with E-state index >= 15 is 0 Å². The molecule has 0 radical (unpaired) electrons. The second kappa shape index (κ2) is 4.90. The maximum atomic E-state index is 6.14. The molecule has 0 aromatic heterocycles. The van der Waals surface area contributed by atoms with Crippen LogP contribution >= 0.6 is 0 Å². The molecule has 1 aromatic rings. The predicted molar refractivity (Wildman–Crippen MR) is 72.6 cm³/mol. The predicted octanol–water partition coefficient (Wildman–Crippen LogP) is 2.18. The van der Waals surface area contributed by atoms with Crippen LogP contribution in [0.25, 0.3) is 0 Å². The first-order valence-electron chi connectivity index (χ1n) is 6.97. The van der Waals surface area contributed by atoms with E-state index in [1.165, 1.54) is 25.9 Å². The lowest BCUT2D eigenvalue weighted by molar-refractivity contribution is -0.00776. The molecule has 0 aliphatic carbocycles. The molecule has 3 fully saturated rings. The Morgan fingerprint density at radius 1 is 1.22 bits per heavy atom. The van der Waals surface area contributed by atoms with Crippen molar-refractivity contribution in [3.8, 4) is 5.75 Å². The van der Waals surface area contributed by atoms with Gasteiger partial charge in [0.15, 0.2) is 0 Å². The molecule has 2 atom stereocenters. The average molecular weight is 246 g/mol. The molecule has 3 saturated heterocycles. The van der Waals surface area contributed by atoms with E-state index in [-0.39, 0.29) is 6.04 Å². The van der Waals surface area contributed by atoms with E-state index in [0.29, 0.717) is 6.10 Å². The second-order valence-electron chi connectivity index (χ2n) is 5.65. The smallest absolute Gasteiger partial charge is 0.119 e. The Balaban J connectivity index is 1.65. The molecular weight excluding hydrogens is 224 g/mol. The van der Waals surface area contributed by atoms with E-state index in [1.54, 1.807) is 0 Å². The van der Waals surface area contributed by atoms with Crippen LogP contribution in [0.15, 0.2) is 24.3 Å². The molecule has 4 rings (SSSR count). The molecule has 3 aliphatic rings. The highest BCUT2D eigenvalue weighted by molar-refractivity contribution is 5.29. The quantitative estimate of drug-likeness (QED) is 0.888. The standard InChI is InChI=1S/C15H22N2O/c1-11(16)12-2-4-14(5-3-12)18-15-10-17-8-6-13(15)7-9-17/h2-5,11,13,15H,6-10,16H2,1H3. The van der Waals surface area contributed by atoms with Gasteiger partial charge in [0.05, 0.1) is 0 Å². The van der Waals surface area contributed by atoms with Crippen LogP contribution in [0.1, 0.15) is 31.4 Å². The molecular formula is C15H22N2O. The van der Waals surface area contributed by atoms with Gasteiger partial charge in [0, 0.05) is 12.6 Å². The van der Waals surface area contributed by atoms with Gasteiger partial charge in [-0.25, -0.2) is 0 Å². The monoisotopic (exact) mass is 246 g/mol. The van der Waals surface area contributed by atoms with Crippen molar-refractivity contribution in [2.75, 3.05) is 19.6 Å². The fraction of sp³-hybridized carbons (Fsp3) is 0.600. The number of piperidine rings is 3. The SMILES string of the molecule is CC(N)c1ccc(OC2CN3CCC2CC3)cc1. The van der Waals surface area contributed by atoms with Crippen molar-refractivity contribution in [3.05, 3.63) is 29.8 Å². The van der Waals surface area contributed by atoms with Gasteiger partial charge in [-0.2, -0.15) is 0 Å². The second-order valence-corrected chi connectivity index (χ2v) is 5.65. The topological polar surface area (TPSA) is 38.5 Å². The van der Waals surface area contributed by atoms with E-state index in [9.17, 15) is 0 Å². The average Bonchev–Trinajstić information content (AvgIpc) is 2.41. The Kier molecular flexibility index (Phi) is 3.27. The summed E-state index contributed by atoms with van der Waals surface area (Å²) in [7, 11) is 0. The van der Waals surface area contributed by atoms with Gasteiger partial charge >= 0.3 is 0 Å². The van der Waals surface area contributed by atoms with Crippen LogP contribution in [0.3, 0.4) is 0 Å². The highest BCUT2D eigenvalue weighted by atomic mass is 16.5. The normalized spacial score (nSPS) is 32.2. The first-order valence-corrected chi connectivity index (χ1v) is 6.97. The van der Waals surface area contributed by atoms with Gasteiger partial charge in [0.25, 0.3) is 0 Å². The van der Waals surface area contributed by atoms with Crippen molar-refractivity contribution in [2.24, 2.45) is 11.7 Å². The maximum Gasteiger partial charge on any atom is 0.119 e. The van der Waals surface area contributed by atoms with E-state index in [0.717, 1.165) is 23.8 Å². The third-order valence-corrected chi connectivity index (χ3v) is 4.29. The van der Waals surface area contributed by atoms with Crippen molar-refractivity contribution < 1.29 is 4.74 Å². The summed E-state index contributed by atoms with van der Waals surface area (Å²) in [6.45, 7) is 5.62. The summed E-state index contributed by atoms with van der Waals surface area (Å²) < 4.78 is 6.14. The number of fused-ring (bicyclic) bond motifs is 3. The van der Waals surface area contributed by atoms with Crippen molar-refractivity contribution >= 4 is 0 Å². The lowest BCUT2D eigenvalue weighted by atomic mass is 9.86. The third kappa shape index (κ3) is 2.38. The fourth-order valence-corrected chi connectivity index (χ4v) is 3.07. The number of nitrogens with zero attached hydrogens (tertiary/aromatic N) is 1. The Morgan fingerprint density at radius 3 is 2.39 bits per heavy atom. The zero-order chi connectivity index (χ0) is 12.5. The molecule has 98 valence electrons. The van der Waals surface area contributed by atoms with Gasteiger partial charge in [-0.05, 0) is 56.5 Å². The van der Waals surface area contributed by atoms with Crippen LogP contribution in [0, 0.1) is 5.92 Å². The molecule has 0 spiro atoms. The summed E-state index contributed by atoms with van der Waals surface area (Å²) in [5, 5.41) is 0. The molecule has 2 bridgehead atoms. The van der Waals surface area contributed by atoms with Crippen molar-refractivity contribution in [2.45, 2.75) is 31.9 Å². The van der Waals surface area contributed by atoms with Crippen molar-refractivity contribution in [1.29, 1.82) is 0 Å². The first kappa shape index (κ1) is 12.0. The van der Waals surface area contributed by atoms with Crippen LogP contribution in [0.4, 0.5) is 0 Å². The molecule has 2 unspecified atom stereocenters. The zero-order valence-corrected chi connectivity index (χ0v) is 11.0. The lowest BCUT2D eigenvalue weighted by Crippen LogP contribution is -2.52. The van der Waals surface area contributed by atoms with Gasteiger partial charge in [-0.3, -0.25) is 4.90 Å². The Labute approximate surface area is 109 Å². The highest BCUT2D eigenvalue weighted by Gasteiger charge is 2.35. The van der Waals surface area contributed by atoms with E-state index in [4.69, 9.17) is 10.5 Å². The van der Waals surface area contributed by atoms with Gasteiger partial charge < -0.3 is 10.5 Å². The molecule has 3 aliphatic heterocycles. The molecule has 1 aromatic carbocycles. The Morgan fingerprint density at radius 2 is 1.89 bits per heavy atom. The maximum absolute atomic E-state index is 6.14. The summed E-state index contributed by atoms with van der Waals surface area (Å²) in [6.07, 6.45) is 2.97. The summed E-state index contributed by atoms with van der Waals surface area (Å²) in [5.41, 5.74) is 7.01. The molecule has 0 saturated carbocycles. The Bertz CT molecular complexity index is 393.